The van der Waals surface area contributed by atoms with E-state index in [1.807, 2.05) is 6.92 Å². The molecule has 1 aliphatic carbocycles. The summed E-state index contributed by atoms with van der Waals surface area (Å²) in [5, 5.41) is 10.9. The Labute approximate surface area is 138 Å². The molecule has 22 heavy (non-hydrogen) atoms. The number of rotatable bonds is 1. The molecule has 1 N–H and O–H groups in total. The van der Waals surface area contributed by atoms with Crippen molar-refractivity contribution in [3.05, 3.63) is 51.0 Å². The number of hydrogen-bond acceptors (Lipinski definition) is 4. The van der Waals surface area contributed by atoms with Gasteiger partial charge < -0.3 is 5.11 Å². The highest BCUT2D eigenvalue weighted by Gasteiger charge is 2.44. The lowest BCUT2D eigenvalue weighted by Gasteiger charge is -2.33. The molecule has 0 aliphatic heterocycles. The van der Waals surface area contributed by atoms with Crippen LogP contribution in [0.25, 0.3) is 0 Å². The van der Waals surface area contributed by atoms with E-state index in [-0.39, 0.29) is 11.5 Å². The summed E-state index contributed by atoms with van der Waals surface area (Å²) in [6.07, 6.45) is 2.55. The minimum absolute atomic E-state index is 0.0635. The largest absolute Gasteiger partial charge is 0.506 e. The van der Waals surface area contributed by atoms with Gasteiger partial charge in [0.15, 0.2) is 5.78 Å². The molecule has 4 nitrogen and oxygen atoms in total. The fourth-order valence-electron chi connectivity index (χ4n) is 3.02. The van der Waals surface area contributed by atoms with E-state index >= 15 is 0 Å². The van der Waals surface area contributed by atoms with E-state index in [9.17, 15) is 9.90 Å². The van der Waals surface area contributed by atoms with Crippen molar-refractivity contribution < 1.29 is 9.90 Å². The first kappa shape index (κ1) is 15.3. The molecule has 6 heteroatoms. The molecule has 0 aromatic carbocycles. The van der Waals surface area contributed by atoms with Crippen molar-refractivity contribution >= 4 is 29.0 Å². The predicted molar refractivity (Wildman–Crippen MR) is 84.9 cm³/mol. The maximum absolute atomic E-state index is 13.0. The molecule has 0 spiro atoms. The van der Waals surface area contributed by atoms with E-state index in [2.05, 4.69) is 9.97 Å². The fourth-order valence-corrected chi connectivity index (χ4v) is 3.44. The molecular formula is C16H14Cl2N2O2. The number of hydrogen-bond donors (Lipinski definition) is 1. The Balaban J connectivity index is 2.16. The van der Waals surface area contributed by atoms with E-state index in [0.717, 1.165) is 5.56 Å². The van der Waals surface area contributed by atoms with Crippen LogP contribution in [0.15, 0.2) is 18.3 Å². The van der Waals surface area contributed by atoms with Crippen molar-refractivity contribution in [3.63, 3.8) is 0 Å². The Kier molecular flexibility index (Phi) is 3.62. The van der Waals surface area contributed by atoms with Crippen LogP contribution in [-0.4, -0.2) is 20.9 Å². The number of carbonyl (C=O) groups excluding carboxylic acids is 1. The van der Waals surface area contributed by atoms with Crippen LogP contribution in [0, 0.1) is 6.92 Å². The van der Waals surface area contributed by atoms with Crippen LogP contribution in [0.2, 0.25) is 10.2 Å². The van der Waals surface area contributed by atoms with Crippen LogP contribution < -0.4 is 0 Å². The number of Topliss-reactive ketones (excluding diaryl/α,β-unsaturated/α-hetero) is 1. The summed E-state index contributed by atoms with van der Waals surface area (Å²) < 4.78 is 0. The van der Waals surface area contributed by atoms with Gasteiger partial charge in [-0.1, -0.05) is 23.2 Å². The number of pyridine rings is 2. The molecule has 0 saturated carbocycles. The van der Waals surface area contributed by atoms with E-state index in [0.29, 0.717) is 40.0 Å². The predicted octanol–water partition coefficient (Wildman–Crippen LogP) is 3.88. The van der Waals surface area contributed by atoms with Gasteiger partial charge in [0.25, 0.3) is 0 Å². The van der Waals surface area contributed by atoms with Crippen LogP contribution in [0.3, 0.4) is 0 Å². The number of aryl methyl sites for hydroxylation is 2. The summed E-state index contributed by atoms with van der Waals surface area (Å²) in [4.78, 5) is 21.5. The molecule has 0 saturated heterocycles. The Morgan fingerprint density at radius 1 is 1.32 bits per heavy atom. The lowest BCUT2D eigenvalue weighted by atomic mass is 9.70. The highest BCUT2D eigenvalue weighted by molar-refractivity contribution is 6.30. The van der Waals surface area contributed by atoms with Gasteiger partial charge in [0, 0.05) is 17.8 Å². The van der Waals surface area contributed by atoms with Crippen molar-refractivity contribution in [1.82, 2.24) is 9.97 Å². The quantitative estimate of drug-likeness (QED) is 0.802. The number of halogens is 2. The molecule has 0 fully saturated rings. The summed E-state index contributed by atoms with van der Waals surface area (Å²) in [6.45, 7) is 3.63. The van der Waals surface area contributed by atoms with Crippen molar-refractivity contribution in [2.24, 2.45) is 0 Å². The SMILES string of the molecule is Cc1cc(Cl)nc2c1C(=O)C(C)(c1ncc(Cl)cc1O)CC2. The smallest absolute Gasteiger partial charge is 0.176 e. The van der Waals surface area contributed by atoms with Crippen molar-refractivity contribution in [2.45, 2.75) is 32.1 Å². The van der Waals surface area contributed by atoms with Crippen LogP contribution in [0.5, 0.6) is 5.75 Å². The Hall–Kier alpha value is -1.65. The number of nitrogens with zero attached hydrogens (tertiary/aromatic N) is 2. The van der Waals surface area contributed by atoms with Gasteiger partial charge in [-0.2, -0.15) is 0 Å². The summed E-state index contributed by atoms with van der Waals surface area (Å²) in [6, 6.07) is 3.09. The molecular weight excluding hydrogens is 323 g/mol. The molecule has 3 rings (SSSR count). The molecule has 114 valence electrons. The molecule has 1 unspecified atom stereocenters. The molecule has 0 amide bonds. The Bertz CT molecular complexity index is 792. The lowest BCUT2D eigenvalue weighted by Crippen LogP contribution is -2.39. The first-order valence-electron chi connectivity index (χ1n) is 6.89. The van der Waals surface area contributed by atoms with Gasteiger partial charge in [-0.05, 0) is 38.3 Å². The lowest BCUT2D eigenvalue weighted by molar-refractivity contribution is 0.0867. The molecule has 0 bridgehead atoms. The zero-order valence-electron chi connectivity index (χ0n) is 12.2. The van der Waals surface area contributed by atoms with Gasteiger partial charge in [0.1, 0.15) is 10.9 Å². The first-order valence-corrected chi connectivity index (χ1v) is 7.64. The van der Waals surface area contributed by atoms with Gasteiger partial charge in [-0.3, -0.25) is 9.78 Å². The van der Waals surface area contributed by atoms with Crippen LogP contribution in [0.1, 0.15) is 40.7 Å². The average molecular weight is 337 g/mol. The normalized spacial score (nSPS) is 20.8. The zero-order valence-corrected chi connectivity index (χ0v) is 13.7. The van der Waals surface area contributed by atoms with E-state index < -0.39 is 5.41 Å². The third-order valence-corrected chi connectivity index (χ3v) is 4.61. The van der Waals surface area contributed by atoms with Gasteiger partial charge in [-0.25, -0.2) is 4.98 Å². The van der Waals surface area contributed by atoms with E-state index in [1.165, 1.54) is 12.3 Å². The summed E-state index contributed by atoms with van der Waals surface area (Å²) in [7, 11) is 0. The van der Waals surface area contributed by atoms with Crippen molar-refractivity contribution in [3.8, 4) is 5.75 Å². The summed E-state index contributed by atoms with van der Waals surface area (Å²) in [5.74, 6) is -0.160. The van der Waals surface area contributed by atoms with Crippen LogP contribution in [-0.2, 0) is 11.8 Å². The second kappa shape index (κ2) is 5.21. The van der Waals surface area contributed by atoms with Crippen molar-refractivity contribution in [2.75, 3.05) is 0 Å². The maximum Gasteiger partial charge on any atom is 0.176 e. The first-order chi connectivity index (χ1) is 10.3. The number of fused-ring (bicyclic) bond motifs is 1. The summed E-state index contributed by atoms with van der Waals surface area (Å²) in [5.41, 5.74) is 1.53. The minimum atomic E-state index is -0.901. The Morgan fingerprint density at radius 3 is 2.73 bits per heavy atom. The summed E-state index contributed by atoms with van der Waals surface area (Å²) >= 11 is 11.8. The van der Waals surface area contributed by atoms with Gasteiger partial charge in [0.2, 0.25) is 0 Å². The monoisotopic (exact) mass is 336 g/mol. The topological polar surface area (TPSA) is 63.1 Å². The third-order valence-electron chi connectivity index (χ3n) is 4.21. The standard InChI is InChI=1S/C16H14Cl2N2O2/c1-8-5-12(18)20-10-3-4-16(2,15(22)13(8)10)14-11(21)6-9(17)7-19-14/h5-7,21H,3-4H2,1-2H3. The highest BCUT2D eigenvalue weighted by Crippen LogP contribution is 2.41. The van der Waals surface area contributed by atoms with Gasteiger partial charge >= 0.3 is 0 Å². The average Bonchev–Trinajstić information content (AvgIpc) is 2.42. The number of aromatic hydroxyl groups is 1. The fraction of sp³-hybridized carbons (Fsp3) is 0.312. The minimum Gasteiger partial charge on any atom is -0.506 e. The van der Waals surface area contributed by atoms with Gasteiger partial charge in [0.05, 0.1) is 21.8 Å². The molecule has 1 aliphatic rings. The van der Waals surface area contributed by atoms with Crippen LogP contribution in [0.4, 0.5) is 0 Å². The molecule has 2 aromatic rings. The van der Waals surface area contributed by atoms with Gasteiger partial charge in [-0.15, -0.1) is 0 Å². The molecule has 2 heterocycles. The van der Waals surface area contributed by atoms with E-state index in [4.69, 9.17) is 23.2 Å². The third kappa shape index (κ3) is 2.27. The zero-order chi connectivity index (χ0) is 16.1. The Morgan fingerprint density at radius 2 is 2.05 bits per heavy atom. The van der Waals surface area contributed by atoms with Crippen molar-refractivity contribution in [1.29, 1.82) is 0 Å². The molecule has 1 atom stereocenters. The molecule has 0 radical (unpaired) electrons. The number of ketones is 1. The number of carbonyl (C=O) groups is 1. The molecule has 2 aromatic heterocycles. The second-order valence-corrected chi connectivity index (χ2v) is 6.59. The highest BCUT2D eigenvalue weighted by atomic mass is 35.5. The maximum atomic E-state index is 13.0. The van der Waals surface area contributed by atoms with E-state index in [1.54, 1.807) is 13.0 Å². The van der Waals surface area contributed by atoms with Crippen LogP contribution >= 0.6 is 23.2 Å². The second-order valence-electron chi connectivity index (χ2n) is 5.77. The number of aromatic nitrogens is 2.